The summed E-state index contributed by atoms with van der Waals surface area (Å²) < 4.78 is 5.51. The molecule has 0 bridgehead atoms. The van der Waals surface area contributed by atoms with E-state index in [1.165, 1.54) is 44.8 Å². The molecule has 1 amide bonds. The van der Waals surface area contributed by atoms with Gasteiger partial charge >= 0.3 is 6.09 Å². The second kappa shape index (κ2) is 5.95. The number of hydrogen-bond donors (Lipinski definition) is 1. The molecular weight excluding hydrogens is 306 g/mol. The van der Waals surface area contributed by atoms with Gasteiger partial charge in [0.1, 0.15) is 0 Å². The van der Waals surface area contributed by atoms with Crippen molar-refractivity contribution in [1.82, 2.24) is 0 Å². The molecule has 2 rings (SSSR count). The van der Waals surface area contributed by atoms with E-state index in [1.54, 1.807) is 0 Å². The maximum atomic E-state index is 11.2. The van der Waals surface area contributed by atoms with E-state index in [9.17, 15) is 4.79 Å². The Labute approximate surface area is 122 Å². The van der Waals surface area contributed by atoms with E-state index in [0.29, 0.717) is 0 Å². The first-order valence-electron chi connectivity index (χ1n) is 6.70. The predicted octanol–water partition coefficient (Wildman–Crippen LogP) is 4.85. The molecule has 1 aliphatic rings. The molecule has 1 saturated carbocycles. The molecule has 19 heavy (non-hydrogen) atoms. The van der Waals surface area contributed by atoms with Gasteiger partial charge in [-0.2, -0.15) is 0 Å². The highest BCUT2D eigenvalue weighted by Gasteiger charge is 2.29. The average Bonchev–Trinajstić information content (AvgIpc) is 2.41. The molecule has 1 aliphatic carbocycles. The second-order valence-corrected chi connectivity index (χ2v) is 6.29. The van der Waals surface area contributed by atoms with Crippen molar-refractivity contribution in [3.63, 3.8) is 0 Å². The number of methoxy groups -OCH3 is 1. The van der Waals surface area contributed by atoms with E-state index >= 15 is 0 Å². The van der Waals surface area contributed by atoms with E-state index < -0.39 is 6.09 Å². The Morgan fingerprint density at radius 3 is 2.58 bits per heavy atom. The monoisotopic (exact) mass is 325 g/mol. The zero-order valence-corrected chi connectivity index (χ0v) is 13.0. The number of ether oxygens (including phenoxy) is 1. The minimum absolute atomic E-state index is 0.268. The lowest BCUT2D eigenvalue weighted by Gasteiger charge is -2.34. The van der Waals surface area contributed by atoms with Gasteiger partial charge < -0.3 is 4.74 Å². The number of benzene rings is 1. The predicted molar refractivity (Wildman–Crippen MR) is 80.6 cm³/mol. The molecule has 0 radical (unpaired) electrons. The standard InChI is InChI=1S/C15H20BrNO2/c1-15(8-4-3-5-9-15)11-6-7-13(12(16)10-11)17-14(18)19-2/h6-7,10H,3-5,8-9H2,1-2H3,(H,17,18). The Kier molecular flexibility index (Phi) is 4.50. The highest BCUT2D eigenvalue weighted by atomic mass is 79.9. The number of amides is 1. The van der Waals surface area contributed by atoms with Gasteiger partial charge in [0.15, 0.2) is 0 Å². The summed E-state index contributed by atoms with van der Waals surface area (Å²) in [5.74, 6) is 0. The Bertz CT molecular complexity index is 467. The van der Waals surface area contributed by atoms with Crippen LogP contribution < -0.4 is 5.32 Å². The molecule has 0 spiro atoms. The number of anilines is 1. The van der Waals surface area contributed by atoms with Crippen molar-refractivity contribution in [3.05, 3.63) is 28.2 Å². The Morgan fingerprint density at radius 2 is 2.00 bits per heavy atom. The van der Waals surface area contributed by atoms with E-state index in [1.807, 2.05) is 6.07 Å². The van der Waals surface area contributed by atoms with Crippen LogP contribution in [-0.2, 0) is 10.2 Å². The van der Waals surface area contributed by atoms with Crippen molar-refractivity contribution in [2.24, 2.45) is 0 Å². The third-order valence-electron chi connectivity index (χ3n) is 4.05. The molecule has 1 N–H and O–H groups in total. The van der Waals surface area contributed by atoms with Crippen LogP contribution in [0.3, 0.4) is 0 Å². The van der Waals surface area contributed by atoms with Crippen LogP contribution in [0.5, 0.6) is 0 Å². The topological polar surface area (TPSA) is 38.3 Å². The summed E-state index contributed by atoms with van der Waals surface area (Å²) in [5, 5.41) is 2.69. The van der Waals surface area contributed by atoms with E-state index in [-0.39, 0.29) is 5.41 Å². The van der Waals surface area contributed by atoms with Crippen LogP contribution in [0.25, 0.3) is 0 Å². The average molecular weight is 326 g/mol. The zero-order chi connectivity index (χ0) is 13.9. The number of halogens is 1. The van der Waals surface area contributed by atoms with Gasteiger partial charge in [0.25, 0.3) is 0 Å². The van der Waals surface area contributed by atoms with Gasteiger partial charge in [-0.05, 0) is 51.9 Å². The summed E-state index contributed by atoms with van der Waals surface area (Å²) in [6.07, 6.45) is 5.98. The smallest absolute Gasteiger partial charge is 0.411 e. The van der Waals surface area contributed by atoms with Crippen LogP contribution in [-0.4, -0.2) is 13.2 Å². The van der Waals surface area contributed by atoms with Crippen LogP contribution in [0, 0.1) is 0 Å². The van der Waals surface area contributed by atoms with Gasteiger partial charge in [-0.1, -0.05) is 32.3 Å². The lowest BCUT2D eigenvalue weighted by molar-refractivity contribution is 0.187. The van der Waals surface area contributed by atoms with Crippen molar-refractivity contribution in [2.75, 3.05) is 12.4 Å². The number of hydrogen-bond acceptors (Lipinski definition) is 2. The van der Waals surface area contributed by atoms with Gasteiger partial charge in [0.05, 0.1) is 12.8 Å². The van der Waals surface area contributed by atoms with Crippen molar-refractivity contribution >= 4 is 27.7 Å². The normalized spacial score (nSPS) is 17.8. The lowest BCUT2D eigenvalue weighted by Crippen LogP contribution is -2.25. The van der Waals surface area contributed by atoms with Gasteiger partial charge in [0, 0.05) is 4.47 Å². The summed E-state index contributed by atoms with van der Waals surface area (Å²) in [5.41, 5.74) is 2.36. The Hall–Kier alpha value is -1.03. The van der Waals surface area contributed by atoms with Gasteiger partial charge in [-0.25, -0.2) is 4.79 Å². The molecule has 0 heterocycles. The van der Waals surface area contributed by atoms with Crippen LogP contribution in [0.4, 0.5) is 10.5 Å². The van der Waals surface area contributed by atoms with Crippen molar-refractivity contribution < 1.29 is 9.53 Å². The van der Waals surface area contributed by atoms with Crippen LogP contribution in [0.1, 0.15) is 44.6 Å². The molecular formula is C15H20BrNO2. The third kappa shape index (κ3) is 3.30. The number of carbonyl (C=O) groups is 1. The lowest BCUT2D eigenvalue weighted by atomic mass is 9.71. The van der Waals surface area contributed by atoms with Crippen molar-refractivity contribution in [3.8, 4) is 0 Å². The molecule has 0 atom stereocenters. The SMILES string of the molecule is COC(=O)Nc1ccc(C2(C)CCCCC2)cc1Br. The zero-order valence-electron chi connectivity index (χ0n) is 11.5. The highest BCUT2D eigenvalue weighted by molar-refractivity contribution is 9.10. The third-order valence-corrected chi connectivity index (χ3v) is 4.70. The number of carbonyl (C=O) groups excluding carboxylic acids is 1. The summed E-state index contributed by atoms with van der Waals surface area (Å²) in [7, 11) is 1.36. The van der Waals surface area contributed by atoms with Crippen LogP contribution in [0.15, 0.2) is 22.7 Å². The first kappa shape index (κ1) is 14.4. The fourth-order valence-corrected chi connectivity index (χ4v) is 3.25. The molecule has 4 heteroatoms. The molecule has 1 fully saturated rings. The molecule has 0 saturated heterocycles. The maximum absolute atomic E-state index is 11.2. The minimum Gasteiger partial charge on any atom is -0.453 e. The number of rotatable bonds is 2. The van der Waals surface area contributed by atoms with Crippen LogP contribution >= 0.6 is 15.9 Å². The number of nitrogens with one attached hydrogen (secondary N) is 1. The summed E-state index contributed by atoms with van der Waals surface area (Å²) in [6.45, 7) is 2.33. The first-order valence-corrected chi connectivity index (χ1v) is 7.49. The Morgan fingerprint density at radius 1 is 1.32 bits per heavy atom. The van der Waals surface area contributed by atoms with E-state index in [0.717, 1.165) is 10.2 Å². The van der Waals surface area contributed by atoms with Crippen LogP contribution in [0.2, 0.25) is 0 Å². The quantitative estimate of drug-likeness (QED) is 0.844. The Balaban J connectivity index is 2.20. The highest BCUT2D eigenvalue weighted by Crippen LogP contribution is 2.40. The maximum Gasteiger partial charge on any atom is 0.411 e. The molecule has 3 nitrogen and oxygen atoms in total. The van der Waals surface area contributed by atoms with E-state index in [2.05, 4.69) is 45.0 Å². The minimum atomic E-state index is -0.447. The molecule has 1 aromatic carbocycles. The molecule has 0 unspecified atom stereocenters. The van der Waals surface area contributed by atoms with Gasteiger partial charge in [0.2, 0.25) is 0 Å². The fourth-order valence-electron chi connectivity index (χ4n) is 2.77. The van der Waals surface area contributed by atoms with Crippen molar-refractivity contribution in [2.45, 2.75) is 44.4 Å². The summed E-state index contributed by atoms with van der Waals surface area (Å²) >= 11 is 3.53. The van der Waals surface area contributed by atoms with E-state index in [4.69, 9.17) is 0 Å². The molecule has 0 aliphatic heterocycles. The second-order valence-electron chi connectivity index (χ2n) is 5.43. The largest absolute Gasteiger partial charge is 0.453 e. The molecule has 1 aromatic rings. The van der Waals surface area contributed by atoms with Gasteiger partial charge in [-0.15, -0.1) is 0 Å². The summed E-state index contributed by atoms with van der Waals surface area (Å²) in [6, 6.07) is 6.17. The van der Waals surface area contributed by atoms with Gasteiger partial charge in [-0.3, -0.25) is 5.32 Å². The molecule has 104 valence electrons. The summed E-state index contributed by atoms with van der Waals surface area (Å²) in [4.78, 5) is 11.2. The molecule has 0 aromatic heterocycles. The fraction of sp³-hybridized carbons (Fsp3) is 0.533. The van der Waals surface area contributed by atoms with Crippen molar-refractivity contribution in [1.29, 1.82) is 0 Å². The first-order chi connectivity index (χ1) is 9.05.